The van der Waals surface area contributed by atoms with Crippen LogP contribution in [0.25, 0.3) is 0 Å². The standard InChI is InChI=1S/C16H18N2O.ClH/c1-10-9-11(2)13(4)15(12(10)3)16(19)18-14-5-7-17-8-6-14;/h5-9H,1-4H3,(H,17,18,19);1H. The predicted octanol–water partition coefficient (Wildman–Crippen LogP) is 3.99. The largest absolute Gasteiger partial charge is 0.322 e. The van der Waals surface area contributed by atoms with Crippen molar-refractivity contribution in [3.05, 3.63) is 58.4 Å². The lowest BCUT2D eigenvalue weighted by atomic mass is 9.94. The number of hydrogen-bond donors (Lipinski definition) is 1. The first-order chi connectivity index (χ1) is 9.00. The number of aryl methyl sites for hydroxylation is 2. The van der Waals surface area contributed by atoms with Gasteiger partial charge in [-0.3, -0.25) is 9.78 Å². The highest BCUT2D eigenvalue weighted by Crippen LogP contribution is 2.22. The van der Waals surface area contributed by atoms with Crippen LogP contribution in [0.1, 0.15) is 32.6 Å². The molecule has 2 rings (SSSR count). The average molecular weight is 291 g/mol. The molecule has 0 spiro atoms. The van der Waals surface area contributed by atoms with E-state index in [-0.39, 0.29) is 18.3 Å². The first-order valence-electron chi connectivity index (χ1n) is 6.29. The van der Waals surface area contributed by atoms with E-state index in [9.17, 15) is 4.79 Å². The Hall–Kier alpha value is -1.87. The summed E-state index contributed by atoms with van der Waals surface area (Å²) in [5.41, 5.74) is 5.89. The highest BCUT2D eigenvalue weighted by atomic mass is 35.5. The number of nitrogens with one attached hydrogen (secondary N) is 1. The van der Waals surface area contributed by atoms with E-state index in [1.54, 1.807) is 24.5 Å². The molecule has 0 aliphatic heterocycles. The maximum absolute atomic E-state index is 12.4. The van der Waals surface area contributed by atoms with Gasteiger partial charge in [0.15, 0.2) is 0 Å². The van der Waals surface area contributed by atoms with Crippen molar-refractivity contribution in [2.45, 2.75) is 27.7 Å². The van der Waals surface area contributed by atoms with Crippen molar-refractivity contribution in [2.24, 2.45) is 0 Å². The normalized spacial score (nSPS) is 9.80. The molecule has 1 aromatic carbocycles. The fourth-order valence-electron chi connectivity index (χ4n) is 2.19. The van der Waals surface area contributed by atoms with Crippen molar-refractivity contribution in [3.8, 4) is 0 Å². The number of benzene rings is 1. The lowest BCUT2D eigenvalue weighted by Gasteiger charge is -2.15. The van der Waals surface area contributed by atoms with Gasteiger partial charge in [-0.05, 0) is 62.1 Å². The smallest absolute Gasteiger partial charge is 0.256 e. The van der Waals surface area contributed by atoms with Crippen LogP contribution in [0.4, 0.5) is 5.69 Å². The Balaban J connectivity index is 0.00000200. The van der Waals surface area contributed by atoms with Crippen LogP contribution in [0, 0.1) is 27.7 Å². The second-order valence-electron chi connectivity index (χ2n) is 4.83. The summed E-state index contributed by atoms with van der Waals surface area (Å²) >= 11 is 0. The van der Waals surface area contributed by atoms with Crippen molar-refractivity contribution < 1.29 is 4.79 Å². The van der Waals surface area contributed by atoms with Gasteiger partial charge in [0, 0.05) is 23.6 Å². The molecule has 0 fully saturated rings. The van der Waals surface area contributed by atoms with Gasteiger partial charge in [-0.2, -0.15) is 0 Å². The Morgan fingerprint density at radius 1 is 1.00 bits per heavy atom. The van der Waals surface area contributed by atoms with Gasteiger partial charge in [0.05, 0.1) is 0 Å². The molecule has 4 heteroatoms. The number of hydrogen-bond acceptors (Lipinski definition) is 2. The number of rotatable bonds is 2. The molecule has 20 heavy (non-hydrogen) atoms. The van der Waals surface area contributed by atoms with E-state index < -0.39 is 0 Å². The van der Waals surface area contributed by atoms with E-state index in [1.807, 2.05) is 27.7 Å². The third kappa shape index (κ3) is 3.17. The van der Waals surface area contributed by atoms with Gasteiger partial charge in [0.25, 0.3) is 5.91 Å². The van der Waals surface area contributed by atoms with Gasteiger partial charge in [-0.1, -0.05) is 6.07 Å². The molecule has 1 heterocycles. The minimum absolute atomic E-state index is 0. The van der Waals surface area contributed by atoms with Crippen molar-refractivity contribution >= 4 is 24.0 Å². The maximum atomic E-state index is 12.4. The molecule has 0 saturated heterocycles. The zero-order valence-corrected chi connectivity index (χ0v) is 13.0. The molecule has 0 radical (unpaired) electrons. The molecular formula is C16H19ClN2O. The minimum atomic E-state index is -0.0620. The lowest BCUT2D eigenvalue weighted by molar-refractivity contribution is 0.102. The van der Waals surface area contributed by atoms with E-state index in [0.29, 0.717) is 0 Å². The number of anilines is 1. The third-order valence-electron chi connectivity index (χ3n) is 3.53. The number of carbonyl (C=O) groups excluding carboxylic acids is 1. The van der Waals surface area contributed by atoms with Crippen LogP contribution in [-0.4, -0.2) is 10.9 Å². The number of halogens is 1. The molecule has 1 N–H and O–H groups in total. The van der Waals surface area contributed by atoms with Gasteiger partial charge in [0.2, 0.25) is 0 Å². The SMILES string of the molecule is Cc1cc(C)c(C)c(C(=O)Nc2ccncc2)c1C.Cl. The summed E-state index contributed by atoms with van der Waals surface area (Å²) in [7, 11) is 0. The van der Waals surface area contributed by atoms with E-state index in [1.165, 1.54) is 0 Å². The monoisotopic (exact) mass is 290 g/mol. The number of carbonyl (C=O) groups is 1. The van der Waals surface area contributed by atoms with Crippen molar-refractivity contribution in [1.82, 2.24) is 4.98 Å². The first kappa shape index (κ1) is 16.2. The van der Waals surface area contributed by atoms with Gasteiger partial charge >= 0.3 is 0 Å². The topological polar surface area (TPSA) is 42.0 Å². The quantitative estimate of drug-likeness (QED) is 0.908. The van der Waals surface area contributed by atoms with Gasteiger partial charge < -0.3 is 5.32 Å². The van der Waals surface area contributed by atoms with Crippen LogP contribution in [-0.2, 0) is 0 Å². The Morgan fingerprint density at radius 2 is 1.50 bits per heavy atom. The molecule has 0 saturated carbocycles. The number of pyridine rings is 1. The van der Waals surface area contributed by atoms with Crippen LogP contribution in [0.15, 0.2) is 30.6 Å². The second kappa shape index (κ2) is 6.53. The molecule has 1 amide bonds. The number of amides is 1. The van der Waals surface area contributed by atoms with Crippen LogP contribution in [0.5, 0.6) is 0 Å². The number of nitrogens with zero attached hydrogens (tertiary/aromatic N) is 1. The van der Waals surface area contributed by atoms with Crippen LogP contribution < -0.4 is 5.32 Å². The van der Waals surface area contributed by atoms with Gasteiger partial charge in [-0.25, -0.2) is 0 Å². The van der Waals surface area contributed by atoms with Gasteiger partial charge in [0.1, 0.15) is 0 Å². The predicted molar refractivity (Wildman–Crippen MR) is 84.8 cm³/mol. The summed E-state index contributed by atoms with van der Waals surface area (Å²) in [6.07, 6.45) is 3.33. The molecule has 2 aromatic rings. The highest BCUT2D eigenvalue weighted by molar-refractivity contribution is 6.06. The van der Waals surface area contributed by atoms with Crippen molar-refractivity contribution in [2.75, 3.05) is 5.32 Å². The van der Waals surface area contributed by atoms with E-state index in [4.69, 9.17) is 0 Å². The molecule has 0 aliphatic rings. The zero-order chi connectivity index (χ0) is 14.0. The summed E-state index contributed by atoms with van der Waals surface area (Å²) in [5, 5.41) is 2.92. The summed E-state index contributed by atoms with van der Waals surface area (Å²) in [5.74, 6) is -0.0620. The molecule has 1 aromatic heterocycles. The molecule has 0 bridgehead atoms. The van der Waals surface area contributed by atoms with Crippen LogP contribution in [0.3, 0.4) is 0 Å². The van der Waals surface area contributed by atoms with E-state index >= 15 is 0 Å². The highest BCUT2D eigenvalue weighted by Gasteiger charge is 2.15. The molecule has 3 nitrogen and oxygen atoms in total. The summed E-state index contributed by atoms with van der Waals surface area (Å²) < 4.78 is 0. The molecule has 0 aliphatic carbocycles. The van der Waals surface area contributed by atoms with Crippen LogP contribution in [0.2, 0.25) is 0 Å². The lowest BCUT2D eigenvalue weighted by Crippen LogP contribution is -2.16. The second-order valence-corrected chi connectivity index (χ2v) is 4.83. The molecule has 0 unspecified atom stereocenters. The Morgan fingerprint density at radius 3 is 2.00 bits per heavy atom. The van der Waals surface area contributed by atoms with Gasteiger partial charge in [-0.15, -0.1) is 12.4 Å². The third-order valence-corrected chi connectivity index (χ3v) is 3.53. The Kier molecular flexibility index (Phi) is 5.28. The summed E-state index contributed by atoms with van der Waals surface area (Å²) in [6.45, 7) is 8.04. The maximum Gasteiger partial charge on any atom is 0.256 e. The summed E-state index contributed by atoms with van der Waals surface area (Å²) in [6, 6.07) is 5.68. The van der Waals surface area contributed by atoms with Crippen molar-refractivity contribution in [1.29, 1.82) is 0 Å². The van der Waals surface area contributed by atoms with Crippen molar-refractivity contribution in [3.63, 3.8) is 0 Å². The number of aromatic nitrogens is 1. The fraction of sp³-hybridized carbons (Fsp3) is 0.250. The molecular weight excluding hydrogens is 272 g/mol. The summed E-state index contributed by atoms with van der Waals surface area (Å²) in [4.78, 5) is 16.4. The van der Waals surface area contributed by atoms with E-state index in [2.05, 4.69) is 16.4 Å². The zero-order valence-electron chi connectivity index (χ0n) is 12.2. The van der Waals surface area contributed by atoms with E-state index in [0.717, 1.165) is 33.5 Å². The Labute approximate surface area is 125 Å². The Bertz CT molecular complexity index is 598. The molecule has 0 atom stereocenters. The van der Waals surface area contributed by atoms with Crippen LogP contribution >= 0.6 is 12.4 Å². The average Bonchev–Trinajstić information content (AvgIpc) is 2.38. The fourth-order valence-corrected chi connectivity index (χ4v) is 2.19. The first-order valence-corrected chi connectivity index (χ1v) is 6.29. The molecule has 106 valence electrons. The minimum Gasteiger partial charge on any atom is -0.322 e.